The Morgan fingerprint density at radius 3 is 2.54 bits per heavy atom. The fourth-order valence-electron chi connectivity index (χ4n) is 3.26. The number of nitrogens with zero attached hydrogens (tertiary/aromatic N) is 2. The summed E-state index contributed by atoms with van der Waals surface area (Å²) in [4.78, 5) is 15.9. The van der Waals surface area contributed by atoms with E-state index in [2.05, 4.69) is 4.99 Å². The third-order valence-electron chi connectivity index (χ3n) is 4.43. The number of fused-ring (bicyclic) bond motifs is 1. The monoisotopic (exact) mass is 374 g/mol. The summed E-state index contributed by atoms with van der Waals surface area (Å²) in [5.74, 6) is -0.610. The van der Waals surface area contributed by atoms with Gasteiger partial charge >= 0.3 is 0 Å². The van der Waals surface area contributed by atoms with E-state index in [9.17, 15) is 9.90 Å². The van der Waals surface area contributed by atoms with Gasteiger partial charge in [-0.15, -0.1) is 0 Å². The molecule has 0 spiro atoms. The third kappa shape index (κ3) is 3.21. The number of aliphatic imine (C=N–C) groups is 1. The lowest BCUT2D eigenvalue weighted by Crippen LogP contribution is -2.25. The Kier molecular flexibility index (Phi) is 4.33. The number of phenolic OH excluding ortho intramolecular Hbond substituents is 1. The Morgan fingerprint density at radius 1 is 1.04 bits per heavy atom. The number of nitrogens with two attached hydrogens (primary N) is 2. The topological polar surface area (TPSA) is 120 Å². The van der Waals surface area contributed by atoms with Gasteiger partial charge in [0.2, 0.25) is 0 Å². The van der Waals surface area contributed by atoms with Crippen molar-refractivity contribution in [2.24, 2.45) is 16.5 Å². The number of aromatic nitrogens is 1. The van der Waals surface area contributed by atoms with Crippen molar-refractivity contribution in [3.05, 3.63) is 66.9 Å². The Balaban J connectivity index is 1.88. The van der Waals surface area contributed by atoms with Gasteiger partial charge in [-0.05, 0) is 29.8 Å². The molecule has 28 heavy (non-hydrogen) atoms. The molecular weight excluding hydrogens is 356 g/mol. The molecule has 0 fully saturated rings. The van der Waals surface area contributed by atoms with Crippen LogP contribution in [0.5, 0.6) is 5.75 Å². The minimum atomic E-state index is -0.458. The van der Waals surface area contributed by atoms with Crippen molar-refractivity contribution in [2.45, 2.75) is 6.54 Å². The predicted octanol–water partition coefficient (Wildman–Crippen LogP) is 3.07. The quantitative estimate of drug-likeness (QED) is 0.374. The van der Waals surface area contributed by atoms with Crippen LogP contribution in [0.4, 0.5) is 0 Å². The number of amides is 1. The van der Waals surface area contributed by atoms with Gasteiger partial charge in [-0.3, -0.25) is 4.79 Å². The number of carbonyl (C=O) groups is 1. The molecule has 4 rings (SSSR count). The molecule has 2 heterocycles. The van der Waals surface area contributed by atoms with Gasteiger partial charge in [-0.1, -0.05) is 30.3 Å². The highest BCUT2D eigenvalue weighted by Crippen LogP contribution is 2.35. The first-order valence-electron chi connectivity index (χ1n) is 8.61. The number of aromatic hydroxyl groups is 1. The van der Waals surface area contributed by atoms with E-state index >= 15 is 0 Å². The zero-order chi connectivity index (χ0) is 19.7. The number of rotatable bonds is 4. The highest BCUT2D eigenvalue weighted by molar-refractivity contribution is 5.95. The van der Waals surface area contributed by atoms with Crippen LogP contribution in [0.15, 0.2) is 76.3 Å². The van der Waals surface area contributed by atoms with Gasteiger partial charge in [-0.2, -0.15) is 4.99 Å². The van der Waals surface area contributed by atoms with Gasteiger partial charge in [0.1, 0.15) is 24.1 Å². The van der Waals surface area contributed by atoms with Crippen LogP contribution in [0, 0.1) is 0 Å². The Morgan fingerprint density at radius 2 is 1.79 bits per heavy atom. The number of furan rings is 1. The van der Waals surface area contributed by atoms with Crippen molar-refractivity contribution in [1.29, 1.82) is 0 Å². The zero-order valence-electron chi connectivity index (χ0n) is 14.9. The second kappa shape index (κ2) is 6.96. The average molecular weight is 374 g/mol. The second-order valence-corrected chi connectivity index (χ2v) is 6.32. The second-order valence-electron chi connectivity index (χ2n) is 6.32. The van der Waals surface area contributed by atoms with Gasteiger partial charge in [0.15, 0.2) is 5.96 Å². The molecule has 7 heteroatoms. The van der Waals surface area contributed by atoms with E-state index in [0.717, 1.165) is 27.9 Å². The molecule has 0 unspecified atom stereocenters. The first-order valence-corrected chi connectivity index (χ1v) is 8.61. The van der Waals surface area contributed by atoms with Crippen molar-refractivity contribution in [3.63, 3.8) is 0 Å². The first-order chi connectivity index (χ1) is 13.5. The fourth-order valence-corrected chi connectivity index (χ4v) is 3.26. The van der Waals surface area contributed by atoms with Crippen molar-refractivity contribution < 1.29 is 14.3 Å². The van der Waals surface area contributed by atoms with Crippen LogP contribution < -0.4 is 11.5 Å². The predicted molar refractivity (Wildman–Crippen MR) is 108 cm³/mol. The smallest absolute Gasteiger partial charge is 0.268 e. The van der Waals surface area contributed by atoms with Crippen LogP contribution in [0.1, 0.15) is 0 Å². The molecule has 1 amide bonds. The number of hydrogen-bond acceptors (Lipinski definition) is 3. The number of phenols is 1. The molecule has 2 aromatic heterocycles. The zero-order valence-corrected chi connectivity index (χ0v) is 14.9. The maximum Gasteiger partial charge on any atom is 0.268 e. The van der Waals surface area contributed by atoms with E-state index in [1.807, 2.05) is 47.0 Å². The summed E-state index contributed by atoms with van der Waals surface area (Å²) in [5, 5.41) is 10.5. The van der Waals surface area contributed by atoms with Gasteiger partial charge < -0.3 is 25.6 Å². The van der Waals surface area contributed by atoms with E-state index in [1.54, 1.807) is 24.5 Å². The van der Waals surface area contributed by atoms with Gasteiger partial charge in [0.25, 0.3) is 5.91 Å². The van der Waals surface area contributed by atoms with Gasteiger partial charge in [-0.25, -0.2) is 0 Å². The maximum atomic E-state index is 12.3. The number of guanidine groups is 1. The summed E-state index contributed by atoms with van der Waals surface area (Å²) in [6, 6.07) is 18.5. The van der Waals surface area contributed by atoms with Gasteiger partial charge in [0.05, 0.1) is 5.69 Å². The lowest BCUT2D eigenvalue weighted by atomic mass is 10.1. The van der Waals surface area contributed by atoms with Crippen LogP contribution >= 0.6 is 0 Å². The molecule has 0 saturated heterocycles. The average Bonchev–Trinajstić information content (AvgIpc) is 3.25. The normalized spacial score (nSPS) is 10.9. The van der Waals surface area contributed by atoms with Crippen molar-refractivity contribution in [2.75, 3.05) is 0 Å². The Hall–Kier alpha value is -4.00. The molecule has 0 radical (unpaired) electrons. The van der Waals surface area contributed by atoms with E-state index in [-0.39, 0.29) is 18.3 Å². The van der Waals surface area contributed by atoms with E-state index in [0.29, 0.717) is 5.58 Å². The summed E-state index contributed by atoms with van der Waals surface area (Å²) < 4.78 is 7.45. The maximum absolute atomic E-state index is 12.3. The van der Waals surface area contributed by atoms with E-state index in [1.165, 1.54) is 0 Å². The van der Waals surface area contributed by atoms with Crippen LogP contribution in [0.25, 0.3) is 33.5 Å². The molecule has 0 aliphatic heterocycles. The molecular formula is C21H18N4O3. The fraction of sp³-hybridized carbons (Fsp3) is 0.0476. The molecule has 0 atom stereocenters. The summed E-state index contributed by atoms with van der Waals surface area (Å²) >= 11 is 0. The van der Waals surface area contributed by atoms with Crippen molar-refractivity contribution in [1.82, 2.24) is 4.57 Å². The van der Waals surface area contributed by atoms with Crippen molar-refractivity contribution >= 4 is 22.8 Å². The molecule has 0 aliphatic carbocycles. The van der Waals surface area contributed by atoms with Crippen molar-refractivity contribution in [3.8, 4) is 28.3 Å². The van der Waals surface area contributed by atoms with Crippen LogP contribution in [0.3, 0.4) is 0 Å². The molecule has 0 bridgehead atoms. The molecule has 140 valence electrons. The molecule has 7 nitrogen and oxygen atoms in total. The van der Waals surface area contributed by atoms with Crippen LogP contribution in [-0.4, -0.2) is 21.5 Å². The molecule has 0 saturated carbocycles. The SMILES string of the molecule is NC(N)=NC(=O)Cn1c(-c2ccccc2)ccc1-c1coc2cc(O)ccc12. The van der Waals surface area contributed by atoms with Crippen LogP contribution in [0.2, 0.25) is 0 Å². The summed E-state index contributed by atoms with van der Waals surface area (Å²) in [6.07, 6.45) is 1.61. The summed E-state index contributed by atoms with van der Waals surface area (Å²) in [5.41, 5.74) is 14.6. The summed E-state index contributed by atoms with van der Waals surface area (Å²) in [6.45, 7) is -0.0325. The van der Waals surface area contributed by atoms with Crippen LogP contribution in [-0.2, 0) is 11.3 Å². The van der Waals surface area contributed by atoms with E-state index in [4.69, 9.17) is 15.9 Å². The minimum absolute atomic E-state index is 0.0325. The highest BCUT2D eigenvalue weighted by Gasteiger charge is 2.18. The molecule has 5 N–H and O–H groups in total. The molecule has 4 aromatic rings. The Labute approximate surface area is 160 Å². The first kappa shape index (κ1) is 17.4. The minimum Gasteiger partial charge on any atom is -0.508 e. The molecule has 2 aromatic carbocycles. The Bertz CT molecular complexity index is 1190. The standard InChI is InChI=1S/C21H18N4O3/c22-21(23)24-20(27)11-25-17(13-4-2-1-3-5-13)8-9-18(25)16-12-28-19-10-14(26)6-7-15(16)19/h1-10,12,26H,11H2,(H4,22,23,24,27). The number of carbonyl (C=O) groups excluding carboxylic acids is 1. The summed E-state index contributed by atoms with van der Waals surface area (Å²) in [7, 11) is 0. The van der Waals surface area contributed by atoms with Gasteiger partial charge in [0, 0.05) is 22.7 Å². The third-order valence-corrected chi connectivity index (χ3v) is 4.43. The highest BCUT2D eigenvalue weighted by atomic mass is 16.3. The largest absolute Gasteiger partial charge is 0.508 e. The number of hydrogen-bond donors (Lipinski definition) is 3. The lowest BCUT2D eigenvalue weighted by molar-refractivity contribution is -0.118. The van der Waals surface area contributed by atoms with E-state index < -0.39 is 5.91 Å². The molecule has 0 aliphatic rings. The lowest BCUT2D eigenvalue weighted by Gasteiger charge is -2.12. The number of benzene rings is 2.